The van der Waals surface area contributed by atoms with E-state index < -0.39 is 51.0 Å². The molecule has 0 radical (unpaired) electrons. The highest BCUT2D eigenvalue weighted by Gasteiger charge is 2.69. The average molecular weight is 517 g/mol. The molecular formula is C27H32O8S. The normalized spacial score (nSPS) is 39.9. The van der Waals surface area contributed by atoms with Crippen molar-refractivity contribution in [1.82, 2.24) is 0 Å². The molecule has 3 N–H and O–H groups in total. The first kappa shape index (κ1) is 25.3. The lowest BCUT2D eigenvalue weighted by atomic mass is 9.46. The summed E-state index contributed by atoms with van der Waals surface area (Å²) in [5.41, 5.74) is -3.00. The Morgan fingerprint density at radius 3 is 2.50 bits per heavy atom. The van der Waals surface area contributed by atoms with Gasteiger partial charge >= 0.3 is 10.1 Å². The first-order valence-corrected chi connectivity index (χ1v) is 13.8. The molecule has 5 rings (SSSR count). The van der Waals surface area contributed by atoms with Gasteiger partial charge in [0.2, 0.25) is 0 Å². The Morgan fingerprint density at radius 1 is 1.14 bits per heavy atom. The Kier molecular flexibility index (Phi) is 5.87. The molecule has 194 valence electrons. The molecule has 4 aliphatic rings. The van der Waals surface area contributed by atoms with Crippen LogP contribution in [0.25, 0.3) is 0 Å². The molecule has 9 heteroatoms. The number of benzene rings is 1. The van der Waals surface area contributed by atoms with Crippen molar-refractivity contribution in [3.05, 3.63) is 53.8 Å². The van der Waals surface area contributed by atoms with Gasteiger partial charge in [0.15, 0.2) is 11.6 Å². The van der Waals surface area contributed by atoms with Gasteiger partial charge in [-0.2, -0.15) is 8.42 Å². The molecule has 0 aromatic heterocycles. The zero-order valence-electron chi connectivity index (χ0n) is 20.4. The van der Waals surface area contributed by atoms with Crippen molar-refractivity contribution in [2.45, 2.75) is 62.6 Å². The number of hydrogen-bond donors (Lipinski definition) is 3. The number of aliphatic hydroxyl groups excluding tert-OH is 2. The van der Waals surface area contributed by atoms with Gasteiger partial charge in [-0.1, -0.05) is 30.7 Å². The number of allylic oxidation sites excluding steroid dienone is 3. The molecule has 3 saturated carbocycles. The highest BCUT2D eigenvalue weighted by molar-refractivity contribution is 7.86. The van der Waals surface area contributed by atoms with E-state index in [1.54, 1.807) is 18.2 Å². The summed E-state index contributed by atoms with van der Waals surface area (Å²) in [6.07, 6.45) is 3.69. The predicted molar refractivity (Wildman–Crippen MR) is 129 cm³/mol. The van der Waals surface area contributed by atoms with Gasteiger partial charge in [-0.25, -0.2) is 0 Å². The van der Waals surface area contributed by atoms with Crippen LogP contribution in [-0.4, -0.2) is 53.6 Å². The summed E-state index contributed by atoms with van der Waals surface area (Å²) in [7, 11) is -4.23. The number of hydrogen-bond acceptors (Lipinski definition) is 8. The summed E-state index contributed by atoms with van der Waals surface area (Å²) >= 11 is 0. The SMILES string of the molecule is C[C@@]12C(=CC(=O)C=C1OS(=O)(=O)c1ccccc1)CC[C@@H]1[C@@H]2[C@@H](O)C[C@@]2(C)[C@H]1CC[C@]2(O)C(=O)CO. The molecule has 0 aliphatic heterocycles. The fourth-order valence-corrected chi connectivity index (χ4v) is 8.90. The van der Waals surface area contributed by atoms with E-state index in [4.69, 9.17) is 4.18 Å². The van der Waals surface area contributed by atoms with Crippen LogP contribution in [0.2, 0.25) is 0 Å². The molecule has 4 aliphatic carbocycles. The van der Waals surface area contributed by atoms with E-state index in [1.165, 1.54) is 24.3 Å². The number of carbonyl (C=O) groups is 2. The van der Waals surface area contributed by atoms with Crippen LogP contribution < -0.4 is 0 Å². The van der Waals surface area contributed by atoms with E-state index in [9.17, 15) is 33.3 Å². The van der Waals surface area contributed by atoms with Crippen molar-refractivity contribution in [3.8, 4) is 0 Å². The monoisotopic (exact) mass is 516 g/mol. The first-order valence-electron chi connectivity index (χ1n) is 12.4. The van der Waals surface area contributed by atoms with Gasteiger partial charge in [0.05, 0.1) is 11.5 Å². The number of ketones is 2. The van der Waals surface area contributed by atoms with Crippen molar-refractivity contribution in [3.63, 3.8) is 0 Å². The fourth-order valence-electron chi connectivity index (χ4n) is 7.86. The number of aliphatic hydroxyl groups is 3. The molecule has 36 heavy (non-hydrogen) atoms. The van der Waals surface area contributed by atoms with Crippen molar-refractivity contribution in [2.24, 2.45) is 28.6 Å². The van der Waals surface area contributed by atoms with Crippen LogP contribution in [0.1, 0.15) is 46.0 Å². The van der Waals surface area contributed by atoms with E-state index in [1.807, 2.05) is 13.8 Å². The fraction of sp³-hybridized carbons (Fsp3) is 0.556. The predicted octanol–water partition coefficient (Wildman–Crippen LogP) is 2.29. The minimum atomic E-state index is -4.23. The third kappa shape index (κ3) is 3.40. The highest BCUT2D eigenvalue weighted by Crippen LogP contribution is 2.68. The van der Waals surface area contributed by atoms with Gasteiger partial charge in [-0.15, -0.1) is 0 Å². The minimum absolute atomic E-state index is 0.00843. The number of Topliss-reactive ketones (excluding diaryl/α,β-unsaturated/α-hetero) is 1. The highest BCUT2D eigenvalue weighted by atomic mass is 32.2. The van der Waals surface area contributed by atoms with Crippen molar-refractivity contribution < 1.29 is 37.5 Å². The molecule has 1 aromatic carbocycles. The molecule has 3 fully saturated rings. The third-order valence-corrected chi connectivity index (χ3v) is 10.9. The summed E-state index contributed by atoms with van der Waals surface area (Å²) in [6, 6.07) is 7.70. The van der Waals surface area contributed by atoms with Crippen molar-refractivity contribution in [2.75, 3.05) is 6.61 Å². The molecule has 1 aromatic rings. The second-order valence-corrected chi connectivity index (χ2v) is 12.7. The average Bonchev–Trinajstić information content (AvgIpc) is 3.10. The van der Waals surface area contributed by atoms with Gasteiger partial charge in [0.25, 0.3) is 0 Å². The van der Waals surface area contributed by atoms with Crippen molar-refractivity contribution in [1.29, 1.82) is 0 Å². The van der Waals surface area contributed by atoms with Crippen LogP contribution >= 0.6 is 0 Å². The molecule has 0 heterocycles. The van der Waals surface area contributed by atoms with E-state index in [2.05, 4.69) is 0 Å². The quantitative estimate of drug-likeness (QED) is 0.507. The van der Waals surface area contributed by atoms with Crippen LogP contribution in [0, 0.1) is 28.6 Å². The van der Waals surface area contributed by atoms with Crippen LogP contribution in [0.15, 0.2) is 58.7 Å². The summed E-state index contributed by atoms with van der Waals surface area (Å²) in [6.45, 7) is 2.86. The molecule has 0 bridgehead atoms. The maximum atomic E-state index is 13.1. The number of fused-ring (bicyclic) bond motifs is 5. The summed E-state index contributed by atoms with van der Waals surface area (Å²) < 4.78 is 31.9. The zero-order valence-corrected chi connectivity index (χ0v) is 21.2. The molecular weight excluding hydrogens is 484 g/mol. The lowest BCUT2D eigenvalue weighted by Gasteiger charge is -2.60. The minimum Gasteiger partial charge on any atom is -0.393 e. The Labute approximate surface area is 210 Å². The molecule has 0 amide bonds. The van der Waals surface area contributed by atoms with Gasteiger partial charge < -0.3 is 19.5 Å². The standard InChI is InChI=1S/C27H32O8S/c1-25-14-21(30)24-19(20(25)10-11-27(25,32)22(31)15-28)9-8-16-12-17(29)13-23(26(16,24)2)35-36(33,34)18-6-4-3-5-7-18/h3-7,12-13,19-21,24,28,30,32H,8-11,14-15H2,1-2H3/t19-,20-,21-,24+,25-,26+,27-/m0/s1. The Bertz CT molecular complexity index is 1270. The van der Waals surface area contributed by atoms with Crippen LogP contribution in [-0.2, 0) is 23.9 Å². The zero-order chi connectivity index (χ0) is 26.1. The van der Waals surface area contributed by atoms with E-state index >= 15 is 0 Å². The van der Waals surface area contributed by atoms with E-state index in [0.29, 0.717) is 19.3 Å². The molecule has 0 unspecified atom stereocenters. The second-order valence-electron chi connectivity index (χ2n) is 11.1. The first-order chi connectivity index (χ1) is 16.9. The number of carbonyl (C=O) groups excluding carboxylic acids is 2. The maximum absolute atomic E-state index is 13.1. The Morgan fingerprint density at radius 2 is 1.83 bits per heavy atom. The molecule has 0 spiro atoms. The van der Waals surface area contributed by atoms with Crippen molar-refractivity contribution >= 4 is 21.7 Å². The second kappa shape index (κ2) is 8.34. The lowest BCUT2D eigenvalue weighted by molar-refractivity contribution is -0.180. The van der Waals surface area contributed by atoms with Gasteiger partial charge in [0, 0.05) is 17.4 Å². The topological polar surface area (TPSA) is 138 Å². The summed E-state index contributed by atoms with van der Waals surface area (Å²) in [5.74, 6) is -1.77. The maximum Gasteiger partial charge on any atom is 0.338 e. The van der Waals surface area contributed by atoms with Crippen LogP contribution in [0.5, 0.6) is 0 Å². The van der Waals surface area contributed by atoms with Gasteiger partial charge in [0.1, 0.15) is 22.9 Å². The number of rotatable bonds is 5. The van der Waals surface area contributed by atoms with E-state index in [0.717, 1.165) is 5.57 Å². The smallest absolute Gasteiger partial charge is 0.338 e. The Hall–Kier alpha value is -2.33. The Balaban J connectivity index is 1.56. The van der Waals surface area contributed by atoms with E-state index in [-0.39, 0.29) is 41.1 Å². The summed E-state index contributed by atoms with van der Waals surface area (Å²) in [4.78, 5) is 25.1. The van der Waals surface area contributed by atoms with Crippen LogP contribution in [0.4, 0.5) is 0 Å². The third-order valence-electron chi connectivity index (χ3n) is 9.62. The lowest BCUT2D eigenvalue weighted by Crippen LogP contribution is -2.62. The van der Waals surface area contributed by atoms with Gasteiger partial charge in [-0.3, -0.25) is 9.59 Å². The summed E-state index contributed by atoms with van der Waals surface area (Å²) in [5, 5.41) is 32.5. The molecule has 0 saturated heterocycles. The van der Waals surface area contributed by atoms with Gasteiger partial charge in [-0.05, 0) is 69.1 Å². The molecule has 8 nitrogen and oxygen atoms in total. The largest absolute Gasteiger partial charge is 0.393 e. The molecule has 7 atom stereocenters. The van der Waals surface area contributed by atoms with Crippen LogP contribution in [0.3, 0.4) is 0 Å².